The SMILES string of the molecule is Cl.Cn1cc([C@H]2CNC[C@@H]2C(=O)Nc2ccc(C(=O)NC3CCOCC3)cc2)cn1. The van der Waals surface area contributed by atoms with Crippen LogP contribution in [0.2, 0.25) is 0 Å². The molecular formula is C21H28ClN5O3. The van der Waals surface area contributed by atoms with Gasteiger partial charge < -0.3 is 20.7 Å². The van der Waals surface area contributed by atoms with E-state index in [9.17, 15) is 9.59 Å². The molecule has 4 rings (SSSR count). The summed E-state index contributed by atoms with van der Waals surface area (Å²) in [6, 6.07) is 7.21. The van der Waals surface area contributed by atoms with Gasteiger partial charge in [-0.3, -0.25) is 14.3 Å². The van der Waals surface area contributed by atoms with Gasteiger partial charge in [0.1, 0.15) is 0 Å². The maximum absolute atomic E-state index is 12.8. The summed E-state index contributed by atoms with van der Waals surface area (Å²) in [5, 5.41) is 13.5. The number of benzene rings is 1. The summed E-state index contributed by atoms with van der Waals surface area (Å²) in [4.78, 5) is 25.2. The van der Waals surface area contributed by atoms with Crippen molar-refractivity contribution in [2.75, 3.05) is 31.6 Å². The second kappa shape index (κ2) is 10.1. The lowest BCUT2D eigenvalue weighted by atomic mass is 9.90. The van der Waals surface area contributed by atoms with Crippen molar-refractivity contribution in [1.82, 2.24) is 20.4 Å². The minimum atomic E-state index is -0.157. The Balaban J connectivity index is 0.00000256. The van der Waals surface area contributed by atoms with Crippen LogP contribution in [0, 0.1) is 5.92 Å². The van der Waals surface area contributed by atoms with Crippen molar-refractivity contribution >= 4 is 29.9 Å². The van der Waals surface area contributed by atoms with E-state index in [4.69, 9.17) is 4.74 Å². The lowest BCUT2D eigenvalue weighted by Crippen LogP contribution is -2.38. The monoisotopic (exact) mass is 433 g/mol. The van der Waals surface area contributed by atoms with Gasteiger partial charge in [0.15, 0.2) is 0 Å². The molecule has 30 heavy (non-hydrogen) atoms. The molecule has 8 nitrogen and oxygen atoms in total. The molecule has 2 atom stereocenters. The number of nitrogens with zero attached hydrogens (tertiary/aromatic N) is 2. The fourth-order valence-corrected chi connectivity index (χ4v) is 3.99. The average molecular weight is 434 g/mol. The zero-order valence-corrected chi connectivity index (χ0v) is 17.8. The van der Waals surface area contributed by atoms with Crippen LogP contribution in [0.25, 0.3) is 0 Å². The molecule has 2 aliphatic rings. The van der Waals surface area contributed by atoms with Crippen LogP contribution in [0.5, 0.6) is 0 Å². The molecule has 0 saturated carbocycles. The molecule has 0 radical (unpaired) electrons. The van der Waals surface area contributed by atoms with Gasteiger partial charge in [-0.2, -0.15) is 5.10 Å². The van der Waals surface area contributed by atoms with Crippen LogP contribution in [0.15, 0.2) is 36.7 Å². The van der Waals surface area contributed by atoms with Crippen LogP contribution in [-0.2, 0) is 16.6 Å². The van der Waals surface area contributed by atoms with Crippen LogP contribution in [0.3, 0.4) is 0 Å². The number of carbonyl (C=O) groups excluding carboxylic acids is 2. The van der Waals surface area contributed by atoms with Crippen LogP contribution in [-0.4, -0.2) is 53.9 Å². The Hall–Kier alpha value is -2.42. The lowest BCUT2D eigenvalue weighted by molar-refractivity contribution is -0.119. The molecule has 0 bridgehead atoms. The van der Waals surface area contributed by atoms with Crippen molar-refractivity contribution in [3.63, 3.8) is 0 Å². The van der Waals surface area contributed by atoms with E-state index in [0.29, 0.717) is 31.0 Å². The summed E-state index contributed by atoms with van der Waals surface area (Å²) >= 11 is 0. The number of carbonyl (C=O) groups is 2. The Morgan fingerprint density at radius 1 is 1.17 bits per heavy atom. The molecule has 2 fully saturated rings. The first-order valence-electron chi connectivity index (χ1n) is 10.1. The summed E-state index contributed by atoms with van der Waals surface area (Å²) in [6.07, 6.45) is 5.47. The Morgan fingerprint density at radius 3 is 2.57 bits per heavy atom. The smallest absolute Gasteiger partial charge is 0.251 e. The molecule has 9 heteroatoms. The lowest BCUT2D eigenvalue weighted by Gasteiger charge is -2.23. The molecule has 2 aromatic rings. The molecule has 3 heterocycles. The van der Waals surface area contributed by atoms with Gasteiger partial charge in [-0.05, 0) is 42.7 Å². The predicted octanol–water partition coefficient (Wildman–Crippen LogP) is 1.69. The van der Waals surface area contributed by atoms with E-state index >= 15 is 0 Å². The summed E-state index contributed by atoms with van der Waals surface area (Å²) in [7, 11) is 1.88. The van der Waals surface area contributed by atoms with E-state index in [1.807, 2.05) is 19.4 Å². The number of hydrogen-bond acceptors (Lipinski definition) is 5. The third-order valence-corrected chi connectivity index (χ3v) is 5.68. The minimum absolute atomic E-state index is 0. The molecule has 2 amide bonds. The van der Waals surface area contributed by atoms with Crippen LogP contribution >= 0.6 is 12.4 Å². The second-order valence-electron chi connectivity index (χ2n) is 7.75. The first kappa shape index (κ1) is 22.3. The fourth-order valence-electron chi connectivity index (χ4n) is 3.99. The van der Waals surface area contributed by atoms with Crippen molar-refractivity contribution in [1.29, 1.82) is 0 Å². The predicted molar refractivity (Wildman–Crippen MR) is 116 cm³/mol. The van der Waals surface area contributed by atoms with Gasteiger partial charge in [0, 0.05) is 62.8 Å². The number of hydrogen-bond donors (Lipinski definition) is 3. The number of rotatable bonds is 5. The van der Waals surface area contributed by atoms with Crippen molar-refractivity contribution in [2.24, 2.45) is 13.0 Å². The first-order valence-corrected chi connectivity index (χ1v) is 10.1. The van der Waals surface area contributed by atoms with Crippen molar-refractivity contribution in [3.8, 4) is 0 Å². The molecule has 0 spiro atoms. The highest BCUT2D eigenvalue weighted by molar-refractivity contribution is 5.96. The largest absolute Gasteiger partial charge is 0.381 e. The number of aromatic nitrogens is 2. The summed E-state index contributed by atoms with van der Waals surface area (Å²) in [5.74, 6) is -0.168. The minimum Gasteiger partial charge on any atom is -0.381 e. The van der Waals surface area contributed by atoms with Gasteiger partial charge in [-0.25, -0.2) is 0 Å². The van der Waals surface area contributed by atoms with Gasteiger partial charge in [0.05, 0.1) is 12.1 Å². The maximum atomic E-state index is 12.8. The molecule has 1 aromatic heterocycles. The average Bonchev–Trinajstić information content (AvgIpc) is 3.38. The molecule has 0 aliphatic carbocycles. The highest BCUT2D eigenvalue weighted by atomic mass is 35.5. The van der Waals surface area contributed by atoms with Crippen molar-refractivity contribution < 1.29 is 14.3 Å². The van der Waals surface area contributed by atoms with Gasteiger partial charge in [0.2, 0.25) is 5.91 Å². The summed E-state index contributed by atoms with van der Waals surface area (Å²) in [5.41, 5.74) is 2.34. The van der Waals surface area contributed by atoms with Crippen molar-refractivity contribution in [2.45, 2.75) is 24.8 Å². The summed E-state index contributed by atoms with van der Waals surface area (Å²) in [6.45, 7) is 2.77. The highest BCUT2D eigenvalue weighted by Crippen LogP contribution is 2.29. The Bertz CT molecular complexity index is 864. The molecule has 162 valence electrons. The third kappa shape index (κ3) is 5.19. The van der Waals surface area contributed by atoms with Crippen LogP contribution in [0.1, 0.15) is 34.7 Å². The molecule has 0 unspecified atom stereocenters. The Kier molecular flexibility index (Phi) is 7.47. The first-order chi connectivity index (χ1) is 14.1. The van der Waals surface area contributed by atoms with Crippen LogP contribution in [0.4, 0.5) is 5.69 Å². The number of anilines is 1. The fraction of sp³-hybridized carbons (Fsp3) is 0.476. The number of nitrogens with one attached hydrogen (secondary N) is 3. The van der Waals surface area contributed by atoms with E-state index in [0.717, 1.165) is 24.9 Å². The second-order valence-corrected chi connectivity index (χ2v) is 7.75. The zero-order valence-electron chi connectivity index (χ0n) is 17.0. The van der Waals surface area contributed by atoms with Gasteiger partial charge in [0.25, 0.3) is 5.91 Å². The maximum Gasteiger partial charge on any atom is 0.251 e. The highest BCUT2D eigenvalue weighted by Gasteiger charge is 2.34. The topological polar surface area (TPSA) is 97.3 Å². The van der Waals surface area contributed by atoms with Gasteiger partial charge in [-0.15, -0.1) is 12.4 Å². The molecule has 2 saturated heterocycles. The van der Waals surface area contributed by atoms with Crippen LogP contribution < -0.4 is 16.0 Å². The zero-order chi connectivity index (χ0) is 20.2. The molecular weight excluding hydrogens is 406 g/mol. The number of halogens is 1. The molecule has 3 N–H and O–H groups in total. The van der Waals surface area contributed by atoms with Crippen molar-refractivity contribution in [3.05, 3.63) is 47.8 Å². The van der Waals surface area contributed by atoms with E-state index < -0.39 is 0 Å². The summed E-state index contributed by atoms with van der Waals surface area (Å²) < 4.78 is 7.07. The number of amides is 2. The Labute approximate surface area is 182 Å². The standard InChI is InChI=1S/C21H27N5O3.ClH/c1-26-13-15(10-23-26)18-11-22-12-19(18)21(28)25-16-4-2-14(3-5-16)20(27)24-17-6-8-29-9-7-17;/h2-5,10,13,17-19,22H,6-9,11-12H2,1H3,(H,24,27)(H,25,28);1H/t18-,19+;/m1./s1. The quantitative estimate of drug-likeness (QED) is 0.666. The van der Waals surface area contributed by atoms with E-state index in [-0.39, 0.29) is 42.1 Å². The van der Waals surface area contributed by atoms with Gasteiger partial charge in [-0.1, -0.05) is 0 Å². The van der Waals surface area contributed by atoms with E-state index in [2.05, 4.69) is 21.0 Å². The molecule has 1 aromatic carbocycles. The number of ether oxygens (including phenoxy) is 1. The van der Waals surface area contributed by atoms with E-state index in [1.165, 1.54) is 0 Å². The van der Waals surface area contributed by atoms with Gasteiger partial charge >= 0.3 is 0 Å². The normalized spacial score (nSPS) is 21.6. The number of aryl methyl sites for hydroxylation is 1. The van der Waals surface area contributed by atoms with E-state index in [1.54, 1.807) is 28.9 Å². The third-order valence-electron chi connectivity index (χ3n) is 5.68. The molecule has 2 aliphatic heterocycles. The Morgan fingerprint density at radius 2 is 1.90 bits per heavy atom.